The zero-order valence-electron chi connectivity index (χ0n) is 11.5. The van der Waals surface area contributed by atoms with Gasteiger partial charge in [0.05, 0.1) is 16.1 Å². The predicted molar refractivity (Wildman–Crippen MR) is 81.1 cm³/mol. The highest BCUT2D eigenvalue weighted by molar-refractivity contribution is 6.38. The molecule has 1 aromatic carbocycles. The van der Waals surface area contributed by atoms with Gasteiger partial charge in [0.1, 0.15) is 0 Å². The Bertz CT molecular complexity index is 630. The molecule has 1 N–H and O–H groups in total. The number of benzene rings is 1. The Morgan fingerprint density at radius 2 is 1.79 bits per heavy atom. The smallest absolute Gasteiger partial charge is 0.0896 e. The fourth-order valence-electron chi connectivity index (χ4n) is 2.07. The first-order valence-electron chi connectivity index (χ1n) is 6.22. The van der Waals surface area contributed by atoms with Crippen molar-refractivity contribution in [3.63, 3.8) is 0 Å². The molecule has 4 heteroatoms. The monoisotopic (exact) mass is 297 g/mol. The molecule has 0 aliphatic heterocycles. The standard InChI is InChI=1S/C15H17Cl2NO/c1-8(2)13-7-11(15(3,4)19)10-5-9(16)6-12(17)14(10)18-13/h5-8,19H,1-4H3. The minimum atomic E-state index is -0.973. The van der Waals surface area contributed by atoms with Gasteiger partial charge in [-0.3, -0.25) is 4.98 Å². The maximum atomic E-state index is 10.4. The van der Waals surface area contributed by atoms with Crippen LogP contribution in [0.5, 0.6) is 0 Å². The molecule has 102 valence electrons. The van der Waals surface area contributed by atoms with E-state index < -0.39 is 5.60 Å². The molecule has 0 bridgehead atoms. The Morgan fingerprint density at radius 1 is 1.16 bits per heavy atom. The fraction of sp³-hybridized carbons (Fsp3) is 0.400. The number of hydrogen-bond donors (Lipinski definition) is 1. The van der Waals surface area contributed by atoms with Crippen molar-refractivity contribution in [3.05, 3.63) is 39.5 Å². The molecule has 0 unspecified atom stereocenters. The molecule has 0 amide bonds. The van der Waals surface area contributed by atoms with Gasteiger partial charge in [0.2, 0.25) is 0 Å². The lowest BCUT2D eigenvalue weighted by Crippen LogP contribution is -2.17. The van der Waals surface area contributed by atoms with Gasteiger partial charge in [0.25, 0.3) is 0 Å². The molecule has 0 radical (unpaired) electrons. The van der Waals surface area contributed by atoms with E-state index in [1.807, 2.05) is 6.07 Å². The number of fused-ring (bicyclic) bond motifs is 1. The summed E-state index contributed by atoms with van der Waals surface area (Å²) in [4.78, 5) is 4.59. The molecule has 2 rings (SSSR count). The van der Waals surface area contributed by atoms with E-state index in [-0.39, 0.29) is 5.92 Å². The van der Waals surface area contributed by atoms with E-state index in [1.54, 1.807) is 26.0 Å². The summed E-state index contributed by atoms with van der Waals surface area (Å²) in [6.45, 7) is 7.62. The van der Waals surface area contributed by atoms with Crippen LogP contribution in [0.15, 0.2) is 18.2 Å². The lowest BCUT2D eigenvalue weighted by Gasteiger charge is -2.22. The first-order valence-corrected chi connectivity index (χ1v) is 6.98. The van der Waals surface area contributed by atoms with Gasteiger partial charge in [-0.05, 0) is 43.5 Å². The van der Waals surface area contributed by atoms with Crippen LogP contribution in [0.3, 0.4) is 0 Å². The SMILES string of the molecule is CC(C)c1cc(C(C)(C)O)c2cc(Cl)cc(Cl)c2n1. The molecule has 1 aromatic heterocycles. The van der Waals surface area contributed by atoms with E-state index in [0.717, 1.165) is 16.6 Å². The van der Waals surface area contributed by atoms with Gasteiger partial charge in [-0.1, -0.05) is 37.0 Å². The molecule has 0 saturated carbocycles. The van der Waals surface area contributed by atoms with E-state index in [4.69, 9.17) is 23.2 Å². The minimum Gasteiger partial charge on any atom is -0.386 e. The average Bonchev–Trinajstić information content (AvgIpc) is 2.26. The van der Waals surface area contributed by atoms with E-state index in [2.05, 4.69) is 18.8 Å². The van der Waals surface area contributed by atoms with Crippen LogP contribution in [0.2, 0.25) is 10.0 Å². The van der Waals surface area contributed by atoms with Gasteiger partial charge in [-0.2, -0.15) is 0 Å². The number of aliphatic hydroxyl groups is 1. The van der Waals surface area contributed by atoms with Crippen molar-refractivity contribution in [2.75, 3.05) is 0 Å². The van der Waals surface area contributed by atoms with Crippen LogP contribution in [0.25, 0.3) is 10.9 Å². The van der Waals surface area contributed by atoms with Crippen LogP contribution >= 0.6 is 23.2 Å². The van der Waals surface area contributed by atoms with Gasteiger partial charge < -0.3 is 5.11 Å². The summed E-state index contributed by atoms with van der Waals surface area (Å²) in [5.74, 6) is 0.261. The highest BCUT2D eigenvalue weighted by Gasteiger charge is 2.22. The molecule has 1 heterocycles. The second kappa shape index (κ2) is 4.93. The van der Waals surface area contributed by atoms with Gasteiger partial charge in [0.15, 0.2) is 0 Å². The second-order valence-corrected chi connectivity index (χ2v) is 6.44. The Labute approximate surface area is 123 Å². The zero-order chi connectivity index (χ0) is 14.4. The molecule has 0 aliphatic carbocycles. The molecule has 0 saturated heterocycles. The summed E-state index contributed by atoms with van der Waals surface area (Å²) in [6.07, 6.45) is 0. The van der Waals surface area contributed by atoms with Gasteiger partial charge in [-0.25, -0.2) is 0 Å². The summed E-state index contributed by atoms with van der Waals surface area (Å²) in [5, 5.41) is 12.2. The number of halogens is 2. The number of nitrogens with zero attached hydrogens (tertiary/aromatic N) is 1. The third kappa shape index (κ3) is 2.86. The first-order chi connectivity index (χ1) is 8.70. The van der Waals surface area contributed by atoms with Crippen molar-refractivity contribution < 1.29 is 5.11 Å². The predicted octanol–water partition coefficient (Wildman–Crippen LogP) is 4.89. The summed E-state index contributed by atoms with van der Waals surface area (Å²) in [5.41, 5.74) is 1.42. The molecule has 0 aliphatic rings. The molecule has 19 heavy (non-hydrogen) atoms. The van der Waals surface area contributed by atoms with Crippen molar-refractivity contribution >= 4 is 34.1 Å². The fourth-order valence-corrected chi connectivity index (χ4v) is 2.61. The molecular formula is C15H17Cl2NO. The van der Waals surface area contributed by atoms with Crippen LogP contribution < -0.4 is 0 Å². The molecule has 0 spiro atoms. The van der Waals surface area contributed by atoms with Crippen molar-refractivity contribution in [3.8, 4) is 0 Å². The maximum absolute atomic E-state index is 10.4. The number of hydrogen-bond acceptors (Lipinski definition) is 2. The van der Waals surface area contributed by atoms with Crippen LogP contribution in [0.4, 0.5) is 0 Å². The molecule has 2 nitrogen and oxygen atoms in total. The Kier molecular flexibility index (Phi) is 3.78. The summed E-state index contributed by atoms with van der Waals surface area (Å²) in [7, 11) is 0. The number of aromatic nitrogens is 1. The Morgan fingerprint density at radius 3 is 2.32 bits per heavy atom. The molecule has 2 aromatic rings. The lowest BCUT2D eigenvalue weighted by molar-refractivity contribution is 0.0800. The highest BCUT2D eigenvalue weighted by atomic mass is 35.5. The van der Waals surface area contributed by atoms with Crippen molar-refractivity contribution in [1.29, 1.82) is 0 Å². The topological polar surface area (TPSA) is 33.1 Å². The van der Waals surface area contributed by atoms with Crippen LogP contribution in [0.1, 0.15) is 44.9 Å². The van der Waals surface area contributed by atoms with E-state index in [1.165, 1.54) is 0 Å². The lowest BCUT2D eigenvalue weighted by atomic mass is 9.92. The summed E-state index contributed by atoms with van der Waals surface area (Å²) in [6, 6.07) is 5.41. The minimum absolute atomic E-state index is 0.261. The highest BCUT2D eigenvalue weighted by Crippen LogP contribution is 2.35. The van der Waals surface area contributed by atoms with Gasteiger partial charge >= 0.3 is 0 Å². The summed E-state index contributed by atoms with van der Waals surface area (Å²) < 4.78 is 0. The Balaban J connectivity index is 2.90. The maximum Gasteiger partial charge on any atom is 0.0896 e. The summed E-state index contributed by atoms with van der Waals surface area (Å²) >= 11 is 12.3. The van der Waals surface area contributed by atoms with Crippen molar-refractivity contribution in [2.24, 2.45) is 0 Å². The number of pyridine rings is 1. The zero-order valence-corrected chi connectivity index (χ0v) is 13.0. The van der Waals surface area contributed by atoms with E-state index >= 15 is 0 Å². The Hall–Kier alpha value is -0.830. The van der Waals surface area contributed by atoms with Gasteiger partial charge in [-0.15, -0.1) is 0 Å². The van der Waals surface area contributed by atoms with Gasteiger partial charge in [0, 0.05) is 16.1 Å². The van der Waals surface area contributed by atoms with E-state index in [0.29, 0.717) is 15.6 Å². The molecule has 0 fully saturated rings. The third-order valence-electron chi connectivity index (χ3n) is 3.10. The van der Waals surface area contributed by atoms with Crippen molar-refractivity contribution in [1.82, 2.24) is 4.98 Å². The van der Waals surface area contributed by atoms with Crippen molar-refractivity contribution in [2.45, 2.75) is 39.2 Å². The average molecular weight is 298 g/mol. The number of rotatable bonds is 2. The third-order valence-corrected chi connectivity index (χ3v) is 3.61. The largest absolute Gasteiger partial charge is 0.386 e. The molecular weight excluding hydrogens is 281 g/mol. The second-order valence-electron chi connectivity index (χ2n) is 5.59. The van der Waals surface area contributed by atoms with E-state index in [9.17, 15) is 5.11 Å². The van der Waals surface area contributed by atoms with Crippen LogP contribution in [0, 0.1) is 0 Å². The van der Waals surface area contributed by atoms with Crippen LogP contribution in [-0.2, 0) is 5.60 Å². The quantitative estimate of drug-likeness (QED) is 0.856. The first kappa shape index (κ1) is 14.6. The molecule has 0 atom stereocenters. The van der Waals surface area contributed by atoms with Crippen LogP contribution in [-0.4, -0.2) is 10.1 Å². The normalized spacial score (nSPS) is 12.4.